The number of ether oxygens (including phenoxy) is 1. The molecule has 0 unspecified atom stereocenters. The minimum atomic E-state index is -0.386. The molecule has 0 saturated heterocycles. The van der Waals surface area contributed by atoms with Gasteiger partial charge in [0.1, 0.15) is 10.8 Å². The number of carbonyl (C=O) groups excluding carboxylic acids is 1. The standard InChI is InChI=1S/C23H22N4O2S2/c1-3-29-22(28)19-14-30-21(24-19)15-31-23-26-25-20(13-17-9-5-4-6-10-17)27(23)18-11-7-8-16(2)12-18/h4-12,14H,3,13,15H2,1-2H3. The van der Waals surface area contributed by atoms with Crippen LogP contribution in [0.25, 0.3) is 5.69 Å². The first-order valence-corrected chi connectivity index (χ1v) is 11.8. The molecule has 2 aromatic heterocycles. The van der Waals surface area contributed by atoms with Crippen LogP contribution in [0.5, 0.6) is 0 Å². The number of esters is 1. The van der Waals surface area contributed by atoms with Gasteiger partial charge in [-0.15, -0.1) is 21.5 Å². The van der Waals surface area contributed by atoms with E-state index >= 15 is 0 Å². The summed E-state index contributed by atoms with van der Waals surface area (Å²) in [7, 11) is 0. The lowest BCUT2D eigenvalue weighted by atomic mass is 10.1. The van der Waals surface area contributed by atoms with Gasteiger partial charge in [-0.05, 0) is 37.1 Å². The SMILES string of the molecule is CCOC(=O)c1csc(CSc2nnc(Cc3ccccc3)n2-c2cccc(C)c2)n1. The molecule has 0 fully saturated rings. The van der Waals surface area contributed by atoms with Gasteiger partial charge in [0.2, 0.25) is 0 Å². The third kappa shape index (κ3) is 5.21. The zero-order chi connectivity index (χ0) is 21.6. The summed E-state index contributed by atoms with van der Waals surface area (Å²) in [5.74, 6) is 1.09. The molecule has 0 aliphatic heterocycles. The molecule has 4 rings (SSSR count). The molecule has 31 heavy (non-hydrogen) atoms. The molecule has 0 radical (unpaired) electrons. The highest BCUT2D eigenvalue weighted by molar-refractivity contribution is 7.98. The Hall–Kier alpha value is -2.97. The van der Waals surface area contributed by atoms with Crippen molar-refractivity contribution < 1.29 is 9.53 Å². The van der Waals surface area contributed by atoms with Gasteiger partial charge in [0, 0.05) is 17.5 Å². The second-order valence-electron chi connectivity index (χ2n) is 6.87. The second kappa shape index (κ2) is 9.89. The van der Waals surface area contributed by atoms with E-state index in [2.05, 4.69) is 57.0 Å². The average Bonchev–Trinajstić information content (AvgIpc) is 3.40. The van der Waals surface area contributed by atoms with Gasteiger partial charge in [0.15, 0.2) is 10.9 Å². The van der Waals surface area contributed by atoms with Gasteiger partial charge in [-0.2, -0.15) is 0 Å². The molecule has 4 aromatic rings. The molecule has 0 bridgehead atoms. The Labute approximate surface area is 189 Å². The Morgan fingerprint density at radius 3 is 2.74 bits per heavy atom. The molecule has 0 atom stereocenters. The summed E-state index contributed by atoms with van der Waals surface area (Å²) < 4.78 is 7.13. The molecule has 0 N–H and O–H groups in total. The Balaban J connectivity index is 1.59. The van der Waals surface area contributed by atoms with Gasteiger partial charge >= 0.3 is 5.97 Å². The zero-order valence-electron chi connectivity index (χ0n) is 17.3. The predicted molar refractivity (Wildman–Crippen MR) is 123 cm³/mol. The Morgan fingerprint density at radius 2 is 1.97 bits per heavy atom. The topological polar surface area (TPSA) is 69.9 Å². The Morgan fingerprint density at radius 1 is 1.13 bits per heavy atom. The quantitative estimate of drug-likeness (QED) is 0.275. The van der Waals surface area contributed by atoms with E-state index in [-0.39, 0.29) is 5.97 Å². The van der Waals surface area contributed by atoms with Crippen LogP contribution in [-0.4, -0.2) is 32.3 Å². The first-order valence-electron chi connectivity index (χ1n) is 9.93. The molecule has 2 aromatic carbocycles. The molecule has 0 aliphatic rings. The first kappa shape index (κ1) is 21.3. The van der Waals surface area contributed by atoms with Crippen molar-refractivity contribution in [3.05, 3.63) is 87.6 Å². The van der Waals surface area contributed by atoms with Crippen molar-refractivity contribution in [3.8, 4) is 5.69 Å². The summed E-state index contributed by atoms with van der Waals surface area (Å²) in [6.45, 7) is 4.19. The predicted octanol–water partition coefficient (Wildman–Crippen LogP) is 5.09. The number of rotatable bonds is 8. The van der Waals surface area contributed by atoms with Crippen LogP contribution < -0.4 is 0 Å². The number of thiazole rings is 1. The summed E-state index contributed by atoms with van der Waals surface area (Å²) in [6.07, 6.45) is 0.687. The van der Waals surface area contributed by atoms with E-state index in [1.807, 2.05) is 24.3 Å². The van der Waals surface area contributed by atoms with Crippen LogP contribution in [-0.2, 0) is 16.9 Å². The minimum absolute atomic E-state index is 0.338. The Bertz CT molecular complexity index is 1170. The largest absolute Gasteiger partial charge is 0.461 e. The van der Waals surface area contributed by atoms with E-state index in [0.717, 1.165) is 21.7 Å². The number of aryl methyl sites for hydroxylation is 1. The van der Waals surface area contributed by atoms with Gasteiger partial charge in [-0.25, -0.2) is 9.78 Å². The van der Waals surface area contributed by atoms with Gasteiger partial charge in [-0.1, -0.05) is 54.2 Å². The number of carbonyl (C=O) groups is 1. The fraction of sp³-hybridized carbons (Fsp3) is 0.217. The van der Waals surface area contributed by atoms with Crippen molar-refractivity contribution in [1.29, 1.82) is 0 Å². The molecule has 0 amide bonds. The Kier molecular flexibility index (Phi) is 6.79. The van der Waals surface area contributed by atoms with Crippen LogP contribution in [0.4, 0.5) is 0 Å². The van der Waals surface area contributed by atoms with Gasteiger partial charge in [0.05, 0.1) is 12.4 Å². The van der Waals surface area contributed by atoms with Gasteiger partial charge < -0.3 is 4.74 Å². The van der Waals surface area contributed by atoms with Crippen molar-refractivity contribution in [3.63, 3.8) is 0 Å². The minimum Gasteiger partial charge on any atom is -0.461 e. The van der Waals surface area contributed by atoms with Crippen LogP contribution in [0.1, 0.15) is 39.4 Å². The normalized spacial score (nSPS) is 10.9. The summed E-state index contributed by atoms with van der Waals surface area (Å²) in [4.78, 5) is 16.3. The van der Waals surface area contributed by atoms with E-state index in [0.29, 0.717) is 24.5 Å². The highest BCUT2D eigenvalue weighted by Gasteiger charge is 2.17. The maximum absolute atomic E-state index is 11.9. The van der Waals surface area contributed by atoms with E-state index in [1.165, 1.54) is 22.5 Å². The molecule has 6 nitrogen and oxygen atoms in total. The molecule has 8 heteroatoms. The van der Waals surface area contributed by atoms with Crippen molar-refractivity contribution in [1.82, 2.24) is 19.7 Å². The third-order valence-electron chi connectivity index (χ3n) is 4.53. The fourth-order valence-corrected chi connectivity index (χ4v) is 4.87. The smallest absolute Gasteiger partial charge is 0.357 e. The van der Waals surface area contributed by atoms with Gasteiger partial charge in [-0.3, -0.25) is 4.57 Å². The number of hydrogen-bond acceptors (Lipinski definition) is 7. The van der Waals surface area contributed by atoms with Crippen LogP contribution in [0, 0.1) is 6.92 Å². The van der Waals surface area contributed by atoms with Crippen LogP contribution >= 0.6 is 23.1 Å². The summed E-state index contributed by atoms with van der Waals surface area (Å²) in [6, 6.07) is 18.6. The fourth-order valence-electron chi connectivity index (χ4n) is 3.12. The maximum Gasteiger partial charge on any atom is 0.357 e. The number of thioether (sulfide) groups is 1. The highest BCUT2D eigenvalue weighted by atomic mass is 32.2. The highest BCUT2D eigenvalue weighted by Crippen LogP contribution is 2.28. The molecule has 2 heterocycles. The number of hydrogen-bond donors (Lipinski definition) is 0. The van der Waals surface area contributed by atoms with Gasteiger partial charge in [0.25, 0.3) is 0 Å². The molecule has 0 aliphatic carbocycles. The zero-order valence-corrected chi connectivity index (χ0v) is 18.9. The van der Waals surface area contributed by atoms with E-state index in [1.54, 1.807) is 24.1 Å². The maximum atomic E-state index is 11.9. The van der Waals surface area contributed by atoms with E-state index in [9.17, 15) is 4.79 Å². The molecule has 158 valence electrons. The lowest BCUT2D eigenvalue weighted by Crippen LogP contribution is -2.05. The van der Waals surface area contributed by atoms with Crippen molar-refractivity contribution in [2.45, 2.75) is 31.2 Å². The molecule has 0 saturated carbocycles. The second-order valence-corrected chi connectivity index (χ2v) is 8.76. The van der Waals surface area contributed by atoms with E-state index in [4.69, 9.17) is 4.74 Å². The number of aromatic nitrogens is 4. The summed E-state index contributed by atoms with van der Waals surface area (Å²) >= 11 is 3.00. The van der Waals surface area contributed by atoms with Crippen molar-refractivity contribution in [2.75, 3.05) is 6.61 Å². The summed E-state index contributed by atoms with van der Waals surface area (Å²) in [5, 5.41) is 12.3. The molecular formula is C23H22N4O2S2. The first-order chi connectivity index (χ1) is 15.1. The third-order valence-corrected chi connectivity index (χ3v) is 6.50. The lowest BCUT2D eigenvalue weighted by molar-refractivity contribution is 0.0520. The number of nitrogens with zero attached hydrogens (tertiary/aromatic N) is 4. The molecule has 0 spiro atoms. The van der Waals surface area contributed by atoms with Crippen molar-refractivity contribution >= 4 is 29.1 Å². The number of benzene rings is 2. The van der Waals surface area contributed by atoms with Crippen LogP contribution in [0.15, 0.2) is 65.1 Å². The summed E-state index contributed by atoms with van der Waals surface area (Å²) in [5.41, 5.74) is 3.74. The van der Waals surface area contributed by atoms with Crippen molar-refractivity contribution in [2.24, 2.45) is 0 Å². The lowest BCUT2D eigenvalue weighted by Gasteiger charge is -2.11. The molecular weight excluding hydrogens is 428 g/mol. The van der Waals surface area contributed by atoms with E-state index < -0.39 is 0 Å². The average molecular weight is 451 g/mol. The van der Waals surface area contributed by atoms with Crippen LogP contribution in [0.3, 0.4) is 0 Å². The monoisotopic (exact) mass is 450 g/mol. The van der Waals surface area contributed by atoms with Crippen LogP contribution in [0.2, 0.25) is 0 Å².